The Labute approximate surface area is 134 Å². The van der Waals surface area contributed by atoms with Crippen LogP contribution in [0.2, 0.25) is 0 Å². The number of carbonyl (C=O) groups excluding carboxylic acids is 2. The van der Waals surface area contributed by atoms with Crippen molar-refractivity contribution in [3.63, 3.8) is 0 Å². The summed E-state index contributed by atoms with van der Waals surface area (Å²) in [6, 6.07) is 7.01. The van der Waals surface area contributed by atoms with Crippen molar-refractivity contribution in [2.75, 3.05) is 12.4 Å². The number of hydrogen-bond acceptors (Lipinski definition) is 4. The average Bonchev–Trinajstić information content (AvgIpc) is 2.51. The van der Waals surface area contributed by atoms with Gasteiger partial charge in [0.2, 0.25) is 5.91 Å². The molecule has 0 saturated heterocycles. The van der Waals surface area contributed by atoms with E-state index in [1.165, 1.54) is 12.1 Å². The molecule has 2 N–H and O–H groups in total. The molecule has 1 aromatic rings. The van der Waals surface area contributed by atoms with E-state index in [4.69, 9.17) is 5.11 Å². The first-order valence-corrected chi connectivity index (χ1v) is 7.34. The smallest absolute Gasteiger partial charge is 0.306 e. The zero-order chi connectivity index (χ0) is 17.0. The third-order valence-corrected chi connectivity index (χ3v) is 3.64. The van der Waals surface area contributed by atoms with Crippen LogP contribution in [-0.4, -0.2) is 40.7 Å². The third kappa shape index (κ3) is 4.38. The predicted octanol–water partition coefficient (Wildman–Crippen LogP) is 1.50. The minimum absolute atomic E-state index is 0.113. The molecule has 0 spiro atoms. The van der Waals surface area contributed by atoms with Crippen LogP contribution in [0.25, 0.3) is 0 Å². The Hall–Kier alpha value is -2.70. The van der Waals surface area contributed by atoms with E-state index in [0.29, 0.717) is 24.2 Å². The maximum atomic E-state index is 12.1. The van der Waals surface area contributed by atoms with Gasteiger partial charge in [-0.1, -0.05) is 19.1 Å². The standard InChI is InChI=1S/C16H19N3O4/c1-10(16(22)23)9-11-3-5-12(6-4-11)17-15(21)13-7-8-14(20)19(2)18-13/h3-6,10H,7-9H2,1-2H3,(H,17,21)(H,22,23). The van der Waals surface area contributed by atoms with Gasteiger partial charge >= 0.3 is 5.97 Å². The predicted molar refractivity (Wildman–Crippen MR) is 85.0 cm³/mol. The van der Waals surface area contributed by atoms with Gasteiger partial charge < -0.3 is 10.4 Å². The van der Waals surface area contributed by atoms with Crippen LogP contribution in [0.4, 0.5) is 5.69 Å². The van der Waals surface area contributed by atoms with Gasteiger partial charge in [0.25, 0.3) is 5.91 Å². The minimum atomic E-state index is -0.837. The van der Waals surface area contributed by atoms with Crippen LogP contribution in [0.1, 0.15) is 25.3 Å². The quantitative estimate of drug-likeness (QED) is 0.859. The van der Waals surface area contributed by atoms with Gasteiger partial charge in [0.05, 0.1) is 5.92 Å². The Morgan fingerprint density at radius 3 is 2.52 bits per heavy atom. The van der Waals surface area contributed by atoms with Crippen molar-refractivity contribution in [1.29, 1.82) is 0 Å². The number of carboxylic acids is 1. The number of nitrogens with zero attached hydrogens (tertiary/aromatic N) is 2. The van der Waals surface area contributed by atoms with Crippen LogP contribution in [0, 0.1) is 5.92 Å². The number of hydrazone groups is 1. The molecule has 7 heteroatoms. The van der Waals surface area contributed by atoms with E-state index >= 15 is 0 Å². The van der Waals surface area contributed by atoms with Crippen molar-refractivity contribution in [1.82, 2.24) is 5.01 Å². The fourth-order valence-electron chi connectivity index (χ4n) is 2.20. The summed E-state index contributed by atoms with van der Waals surface area (Å²) in [6.45, 7) is 1.65. The first-order chi connectivity index (χ1) is 10.9. The highest BCUT2D eigenvalue weighted by atomic mass is 16.4. The molecular weight excluding hydrogens is 298 g/mol. The zero-order valence-electron chi connectivity index (χ0n) is 13.1. The molecule has 0 radical (unpaired) electrons. The number of amides is 2. The molecule has 7 nitrogen and oxygen atoms in total. The molecule has 122 valence electrons. The van der Waals surface area contributed by atoms with Crippen molar-refractivity contribution in [3.05, 3.63) is 29.8 Å². The first-order valence-electron chi connectivity index (χ1n) is 7.34. The van der Waals surface area contributed by atoms with Crippen LogP contribution in [0.5, 0.6) is 0 Å². The Morgan fingerprint density at radius 1 is 1.30 bits per heavy atom. The SMILES string of the molecule is CC(Cc1ccc(NC(=O)C2=NN(C)C(=O)CC2)cc1)C(=O)O. The number of nitrogens with one attached hydrogen (secondary N) is 1. The van der Waals surface area contributed by atoms with Gasteiger partial charge in [0.15, 0.2) is 0 Å². The number of rotatable bonds is 5. The molecule has 0 bridgehead atoms. The van der Waals surface area contributed by atoms with Gasteiger partial charge in [-0.2, -0.15) is 5.10 Å². The number of anilines is 1. The normalized spacial score (nSPS) is 15.8. The van der Waals surface area contributed by atoms with E-state index < -0.39 is 11.9 Å². The summed E-state index contributed by atoms with van der Waals surface area (Å²) < 4.78 is 0. The van der Waals surface area contributed by atoms with E-state index in [2.05, 4.69) is 10.4 Å². The molecule has 1 aliphatic rings. The number of hydrogen-bond donors (Lipinski definition) is 2. The Bertz CT molecular complexity index is 652. The molecule has 1 aromatic carbocycles. The van der Waals surface area contributed by atoms with Crippen LogP contribution < -0.4 is 5.32 Å². The highest BCUT2D eigenvalue weighted by Gasteiger charge is 2.22. The third-order valence-electron chi connectivity index (χ3n) is 3.64. The van der Waals surface area contributed by atoms with E-state index in [0.717, 1.165) is 5.56 Å². The van der Waals surface area contributed by atoms with Gasteiger partial charge in [-0.15, -0.1) is 0 Å². The summed E-state index contributed by atoms with van der Waals surface area (Å²) in [5.41, 5.74) is 1.80. The average molecular weight is 317 g/mol. The molecule has 0 aliphatic carbocycles. The molecule has 2 amide bonds. The molecule has 1 atom stereocenters. The second-order valence-electron chi connectivity index (χ2n) is 5.56. The summed E-state index contributed by atoms with van der Waals surface area (Å²) in [6.07, 6.45) is 1.03. The molecule has 2 rings (SSSR count). The van der Waals surface area contributed by atoms with Crippen molar-refractivity contribution in [2.24, 2.45) is 11.0 Å². The van der Waals surface area contributed by atoms with Gasteiger partial charge in [0, 0.05) is 25.6 Å². The maximum absolute atomic E-state index is 12.1. The molecule has 0 saturated carbocycles. The molecule has 0 fully saturated rings. The van der Waals surface area contributed by atoms with Gasteiger partial charge in [-0.25, -0.2) is 5.01 Å². The number of benzene rings is 1. The summed E-state index contributed by atoms with van der Waals surface area (Å²) in [5.74, 6) is -1.74. The van der Waals surface area contributed by atoms with Crippen molar-refractivity contribution >= 4 is 29.2 Å². The van der Waals surface area contributed by atoms with Crippen LogP contribution in [0.3, 0.4) is 0 Å². The monoisotopic (exact) mass is 317 g/mol. The second kappa shape index (κ2) is 7.04. The van der Waals surface area contributed by atoms with Gasteiger partial charge in [0.1, 0.15) is 5.71 Å². The zero-order valence-corrected chi connectivity index (χ0v) is 13.1. The molecule has 0 aromatic heterocycles. The highest BCUT2D eigenvalue weighted by Crippen LogP contribution is 2.15. The Balaban J connectivity index is 1.98. The number of carboxylic acid groups (broad SMARTS) is 1. The van der Waals surface area contributed by atoms with Crippen molar-refractivity contribution in [3.8, 4) is 0 Å². The lowest BCUT2D eigenvalue weighted by Crippen LogP contribution is -2.34. The molecule has 1 heterocycles. The molecule has 1 unspecified atom stereocenters. The maximum Gasteiger partial charge on any atom is 0.306 e. The minimum Gasteiger partial charge on any atom is -0.481 e. The summed E-state index contributed by atoms with van der Waals surface area (Å²) >= 11 is 0. The van der Waals surface area contributed by atoms with Gasteiger partial charge in [-0.05, 0) is 24.1 Å². The molecule has 1 aliphatic heterocycles. The molecule has 23 heavy (non-hydrogen) atoms. The van der Waals surface area contributed by atoms with Crippen LogP contribution in [0.15, 0.2) is 29.4 Å². The summed E-state index contributed by atoms with van der Waals surface area (Å²) in [4.78, 5) is 34.3. The van der Waals surface area contributed by atoms with Crippen molar-refractivity contribution in [2.45, 2.75) is 26.2 Å². The van der Waals surface area contributed by atoms with Crippen LogP contribution in [-0.2, 0) is 20.8 Å². The molecular formula is C16H19N3O4. The van der Waals surface area contributed by atoms with Gasteiger partial charge in [-0.3, -0.25) is 14.4 Å². The van der Waals surface area contributed by atoms with E-state index in [1.54, 1.807) is 31.2 Å². The first kappa shape index (κ1) is 16.7. The highest BCUT2D eigenvalue weighted by molar-refractivity contribution is 6.43. The summed E-state index contributed by atoms with van der Waals surface area (Å²) in [7, 11) is 1.52. The van der Waals surface area contributed by atoms with Crippen molar-refractivity contribution < 1.29 is 19.5 Å². The number of carbonyl (C=O) groups is 3. The van der Waals surface area contributed by atoms with Crippen LogP contribution >= 0.6 is 0 Å². The van der Waals surface area contributed by atoms with E-state index in [1.807, 2.05) is 0 Å². The number of aliphatic carboxylic acids is 1. The van der Waals surface area contributed by atoms with E-state index in [9.17, 15) is 14.4 Å². The fraction of sp³-hybridized carbons (Fsp3) is 0.375. The topological polar surface area (TPSA) is 99.1 Å². The summed E-state index contributed by atoms with van der Waals surface area (Å²) in [5, 5.41) is 16.8. The lowest BCUT2D eigenvalue weighted by Gasteiger charge is -2.19. The van der Waals surface area contributed by atoms with E-state index in [-0.39, 0.29) is 18.2 Å². The second-order valence-corrected chi connectivity index (χ2v) is 5.56. The lowest BCUT2D eigenvalue weighted by atomic mass is 10.0. The Morgan fingerprint density at radius 2 is 1.96 bits per heavy atom. The largest absolute Gasteiger partial charge is 0.481 e. The lowest BCUT2D eigenvalue weighted by molar-refractivity contribution is -0.141. The fourth-order valence-corrected chi connectivity index (χ4v) is 2.20. The Kier molecular flexibility index (Phi) is 5.10.